The summed E-state index contributed by atoms with van der Waals surface area (Å²) in [5.41, 5.74) is 0.453. The molecule has 0 bridgehead atoms. The van der Waals surface area contributed by atoms with Crippen molar-refractivity contribution in [3.63, 3.8) is 0 Å². The number of carbonyl (C=O) groups is 2. The number of hydrogen-bond acceptors (Lipinski definition) is 3. The zero-order valence-corrected chi connectivity index (χ0v) is 11.9. The molecule has 1 N–H and O–H groups in total. The molecule has 0 aromatic heterocycles. The van der Waals surface area contributed by atoms with Gasteiger partial charge in [0.15, 0.2) is 6.61 Å². The van der Waals surface area contributed by atoms with Crippen LogP contribution in [0.15, 0.2) is 24.3 Å². The molecule has 0 aliphatic rings. The van der Waals surface area contributed by atoms with Crippen molar-refractivity contribution in [3.8, 4) is 0 Å². The second-order valence-corrected chi connectivity index (χ2v) is 5.05. The molecule has 1 aromatic carbocycles. The maximum atomic E-state index is 11.6. The second-order valence-electron chi connectivity index (χ2n) is 3.81. The van der Waals surface area contributed by atoms with Crippen LogP contribution in [0.3, 0.4) is 0 Å². The number of amides is 1. The van der Waals surface area contributed by atoms with Crippen LogP contribution in [0.25, 0.3) is 0 Å². The van der Waals surface area contributed by atoms with Gasteiger partial charge in [-0.2, -0.15) is 0 Å². The first-order valence-electron chi connectivity index (χ1n) is 5.21. The molecule has 1 rings (SSSR count). The first-order valence-corrected chi connectivity index (χ1v) is 6.29. The maximum Gasteiger partial charge on any atom is 0.338 e. The molecule has 0 fully saturated rings. The fourth-order valence-electron chi connectivity index (χ4n) is 1.19. The minimum Gasteiger partial charge on any atom is -0.452 e. The summed E-state index contributed by atoms with van der Waals surface area (Å²) in [6.07, 6.45) is 0. The van der Waals surface area contributed by atoms with Gasteiger partial charge >= 0.3 is 5.97 Å². The summed E-state index contributed by atoms with van der Waals surface area (Å²) in [6.45, 7) is 3.45. The van der Waals surface area contributed by atoms with E-state index in [9.17, 15) is 9.59 Å². The van der Waals surface area contributed by atoms with Crippen molar-refractivity contribution in [2.45, 2.75) is 19.9 Å². The van der Waals surface area contributed by atoms with Gasteiger partial charge in [0.1, 0.15) is 0 Å². The van der Waals surface area contributed by atoms with E-state index in [1.54, 1.807) is 18.2 Å². The van der Waals surface area contributed by atoms with E-state index >= 15 is 0 Å². The van der Waals surface area contributed by atoms with E-state index in [0.29, 0.717) is 5.56 Å². The lowest BCUT2D eigenvalue weighted by Crippen LogP contribution is -2.33. The van der Waals surface area contributed by atoms with Gasteiger partial charge in [-0.05, 0) is 54.6 Å². The van der Waals surface area contributed by atoms with Crippen molar-refractivity contribution in [2.24, 2.45) is 0 Å². The summed E-state index contributed by atoms with van der Waals surface area (Å²) in [7, 11) is 0. The Kier molecular flexibility index (Phi) is 5.40. The molecule has 1 amide bonds. The molecule has 4 nitrogen and oxygen atoms in total. The van der Waals surface area contributed by atoms with Crippen molar-refractivity contribution in [1.82, 2.24) is 5.32 Å². The van der Waals surface area contributed by atoms with E-state index < -0.39 is 5.97 Å². The fraction of sp³-hybridized carbons (Fsp3) is 0.333. The number of hydrogen-bond donors (Lipinski definition) is 1. The zero-order chi connectivity index (χ0) is 12.8. The molecule has 0 heterocycles. The van der Waals surface area contributed by atoms with Crippen LogP contribution in [0, 0.1) is 3.57 Å². The van der Waals surface area contributed by atoms with Crippen LogP contribution in [0.1, 0.15) is 24.2 Å². The minimum atomic E-state index is -0.484. The Morgan fingerprint density at radius 3 is 2.71 bits per heavy atom. The van der Waals surface area contributed by atoms with Gasteiger partial charge in [0.05, 0.1) is 5.56 Å². The van der Waals surface area contributed by atoms with Crippen LogP contribution in [-0.4, -0.2) is 24.5 Å². The molecular formula is C12H14INO3. The lowest BCUT2D eigenvalue weighted by Gasteiger charge is -2.08. The van der Waals surface area contributed by atoms with Crippen molar-refractivity contribution < 1.29 is 14.3 Å². The first kappa shape index (κ1) is 14.0. The van der Waals surface area contributed by atoms with E-state index in [-0.39, 0.29) is 18.6 Å². The molecule has 92 valence electrons. The summed E-state index contributed by atoms with van der Waals surface area (Å²) in [5, 5.41) is 2.64. The quantitative estimate of drug-likeness (QED) is 0.669. The summed E-state index contributed by atoms with van der Waals surface area (Å²) in [4.78, 5) is 22.8. The number of ether oxygens (including phenoxy) is 1. The van der Waals surface area contributed by atoms with E-state index in [1.165, 1.54) is 0 Å². The van der Waals surface area contributed by atoms with Gasteiger partial charge in [0.2, 0.25) is 0 Å². The highest BCUT2D eigenvalue weighted by Gasteiger charge is 2.10. The summed E-state index contributed by atoms with van der Waals surface area (Å²) < 4.78 is 5.84. The Hall–Kier alpha value is -1.11. The smallest absolute Gasteiger partial charge is 0.338 e. The molecule has 0 saturated heterocycles. The van der Waals surface area contributed by atoms with Gasteiger partial charge in [-0.1, -0.05) is 6.07 Å². The Labute approximate surface area is 114 Å². The maximum absolute atomic E-state index is 11.6. The normalized spacial score (nSPS) is 10.1. The van der Waals surface area contributed by atoms with E-state index in [0.717, 1.165) is 3.57 Å². The highest BCUT2D eigenvalue weighted by Crippen LogP contribution is 2.08. The molecular weight excluding hydrogens is 333 g/mol. The van der Waals surface area contributed by atoms with Gasteiger partial charge in [0.25, 0.3) is 5.91 Å². The summed E-state index contributed by atoms with van der Waals surface area (Å²) in [5.74, 6) is -0.776. The molecule has 0 spiro atoms. The average Bonchev–Trinajstić information content (AvgIpc) is 2.25. The summed E-state index contributed by atoms with van der Waals surface area (Å²) >= 11 is 2.11. The predicted octanol–water partition coefficient (Wildman–Crippen LogP) is 1.97. The van der Waals surface area contributed by atoms with Crippen molar-refractivity contribution in [1.29, 1.82) is 0 Å². The van der Waals surface area contributed by atoms with E-state index in [1.807, 2.05) is 19.9 Å². The fourth-order valence-corrected chi connectivity index (χ4v) is 1.74. The molecule has 0 atom stereocenters. The first-order chi connectivity index (χ1) is 7.99. The van der Waals surface area contributed by atoms with Crippen molar-refractivity contribution >= 4 is 34.5 Å². The van der Waals surface area contributed by atoms with Gasteiger partial charge < -0.3 is 10.1 Å². The van der Waals surface area contributed by atoms with Crippen LogP contribution in [0.2, 0.25) is 0 Å². The predicted molar refractivity (Wildman–Crippen MR) is 72.7 cm³/mol. The molecule has 0 aliphatic carbocycles. The molecule has 5 heteroatoms. The van der Waals surface area contributed by atoms with Crippen LogP contribution in [-0.2, 0) is 9.53 Å². The molecule has 0 aliphatic heterocycles. The molecule has 0 unspecified atom stereocenters. The number of rotatable bonds is 4. The molecule has 0 radical (unpaired) electrons. The van der Waals surface area contributed by atoms with Crippen LogP contribution in [0.4, 0.5) is 0 Å². The third-order valence-corrected chi connectivity index (χ3v) is 2.52. The largest absolute Gasteiger partial charge is 0.452 e. The number of benzene rings is 1. The van der Waals surface area contributed by atoms with Crippen LogP contribution in [0.5, 0.6) is 0 Å². The Balaban J connectivity index is 2.48. The van der Waals surface area contributed by atoms with Crippen LogP contribution >= 0.6 is 22.6 Å². The zero-order valence-electron chi connectivity index (χ0n) is 9.70. The Morgan fingerprint density at radius 2 is 2.12 bits per heavy atom. The standard InChI is InChI=1S/C12H14INO3/c1-8(2)14-11(15)7-17-12(16)9-4-3-5-10(13)6-9/h3-6,8H,7H2,1-2H3,(H,14,15). The highest BCUT2D eigenvalue weighted by atomic mass is 127. The lowest BCUT2D eigenvalue weighted by atomic mass is 10.2. The minimum absolute atomic E-state index is 0.0406. The van der Waals surface area contributed by atoms with Gasteiger partial charge in [-0.15, -0.1) is 0 Å². The highest BCUT2D eigenvalue weighted by molar-refractivity contribution is 14.1. The Bertz CT molecular complexity index is 418. The average molecular weight is 347 g/mol. The van der Waals surface area contributed by atoms with Gasteiger partial charge in [0, 0.05) is 9.61 Å². The number of esters is 1. The van der Waals surface area contributed by atoms with Gasteiger partial charge in [-0.3, -0.25) is 4.79 Å². The van der Waals surface area contributed by atoms with E-state index in [2.05, 4.69) is 27.9 Å². The van der Waals surface area contributed by atoms with Crippen LogP contribution < -0.4 is 5.32 Å². The molecule has 0 saturated carbocycles. The van der Waals surface area contributed by atoms with Crippen molar-refractivity contribution in [3.05, 3.63) is 33.4 Å². The third-order valence-electron chi connectivity index (χ3n) is 1.84. The van der Waals surface area contributed by atoms with Gasteiger partial charge in [-0.25, -0.2) is 4.79 Å². The number of halogens is 1. The SMILES string of the molecule is CC(C)NC(=O)COC(=O)c1cccc(I)c1. The third kappa shape index (κ3) is 5.16. The lowest BCUT2D eigenvalue weighted by molar-refractivity contribution is -0.124. The second kappa shape index (κ2) is 6.58. The van der Waals surface area contributed by atoms with Crippen molar-refractivity contribution in [2.75, 3.05) is 6.61 Å². The number of carbonyl (C=O) groups excluding carboxylic acids is 2. The Morgan fingerprint density at radius 1 is 1.41 bits per heavy atom. The molecule has 1 aromatic rings. The molecule has 17 heavy (non-hydrogen) atoms. The monoisotopic (exact) mass is 347 g/mol. The number of nitrogens with one attached hydrogen (secondary N) is 1. The topological polar surface area (TPSA) is 55.4 Å². The summed E-state index contributed by atoms with van der Waals surface area (Å²) in [6, 6.07) is 7.06. The van der Waals surface area contributed by atoms with E-state index in [4.69, 9.17) is 4.74 Å².